The highest BCUT2D eigenvalue weighted by Gasteiger charge is 2.45. The highest BCUT2D eigenvalue weighted by atomic mass is 35.5. The maximum Gasteiger partial charge on any atom is 0.355 e. The lowest BCUT2D eigenvalue weighted by molar-refractivity contribution is -0.129. The number of anilines is 3. The number of hydrogen-bond donors (Lipinski definition) is 1. The van der Waals surface area contributed by atoms with Crippen LogP contribution in [0.5, 0.6) is 17.2 Å². The third-order valence-corrected chi connectivity index (χ3v) is 28.9. The Morgan fingerprint density at radius 1 is 0.522 bits per heavy atom. The van der Waals surface area contributed by atoms with Crippen LogP contribution in [0.3, 0.4) is 0 Å². The minimum absolute atomic E-state index is 0.000154. The van der Waals surface area contributed by atoms with Gasteiger partial charge in [-0.25, -0.2) is 64.6 Å². The molecule has 0 aliphatic carbocycles. The van der Waals surface area contributed by atoms with Gasteiger partial charge in [-0.05, 0) is 117 Å². The molecule has 4 fully saturated rings. The normalized spacial score (nSPS) is 17.7. The molecule has 7 aliphatic rings. The third kappa shape index (κ3) is 18.1. The number of carbonyl (C=O) groups excluding carboxylic acids is 2. The van der Waals surface area contributed by atoms with E-state index in [2.05, 4.69) is 48.0 Å². The van der Waals surface area contributed by atoms with Gasteiger partial charge in [0, 0.05) is 127 Å². The predicted molar refractivity (Wildman–Crippen MR) is 527 cm³/mol. The molecule has 31 nitrogen and oxygen atoms in total. The van der Waals surface area contributed by atoms with Gasteiger partial charge in [-0.2, -0.15) is 19.3 Å². The van der Waals surface area contributed by atoms with Crippen molar-refractivity contribution in [2.75, 3.05) is 126 Å². The second-order valence-corrected chi connectivity index (χ2v) is 39.6. The fourth-order valence-electron chi connectivity index (χ4n) is 18.8. The Morgan fingerprint density at radius 2 is 0.913 bits per heavy atom. The van der Waals surface area contributed by atoms with Crippen molar-refractivity contribution in [3.05, 3.63) is 240 Å². The van der Waals surface area contributed by atoms with Crippen molar-refractivity contribution in [2.24, 2.45) is 0 Å². The van der Waals surface area contributed by atoms with Gasteiger partial charge in [-0.3, -0.25) is 29.4 Å². The summed E-state index contributed by atoms with van der Waals surface area (Å²) in [6.07, 6.45) is 8.71. The number of pyridine rings is 6. The lowest BCUT2D eigenvalue weighted by Gasteiger charge is -2.45. The number of sulfonamides is 1. The predicted octanol–water partition coefficient (Wildman–Crippen LogP) is 15.6. The van der Waals surface area contributed by atoms with E-state index in [9.17, 15) is 37.5 Å². The number of benzene rings is 3. The van der Waals surface area contributed by atoms with Gasteiger partial charge in [0.1, 0.15) is 86.0 Å². The van der Waals surface area contributed by atoms with Gasteiger partial charge in [-0.1, -0.05) is 149 Å². The summed E-state index contributed by atoms with van der Waals surface area (Å²) >= 11 is 40.5. The van der Waals surface area contributed by atoms with Gasteiger partial charge >= 0.3 is 17.1 Å². The van der Waals surface area contributed by atoms with Crippen LogP contribution < -0.4 is 46.0 Å². The van der Waals surface area contributed by atoms with Gasteiger partial charge in [0.05, 0.1) is 114 Å². The zero-order chi connectivity index (χ0) is 98.2. The Kier molecular flexibility index (Phi) is 28.3. The van der Waals surface area contributed by atoms with Crippen LogP contribution in [-0.4, -0.2) is 239 Å². The number of ether oxygens (including phenoxy) is 4. The van der Waals surface area contributed by atoms with Crippen molar-refractivity contribution >= 4 is 142 Å². The second kappa shape index (κ2) is 39.9. The van der Waals surface area contributed by atoms with Gasteiger partial charge in [0.2, 0.25) is 21.8 Å². The SMILES string of the molecule is C=C(CCO)C(=O)N1CC(C)N2c3nc(=O)n(-c4c(C)ccnc4C(C)C)c4nc(-c5c(F)cccc5Cl)c(Cl)c(c34)OCC2C1.C=CS(=O)(=O)N1CCN2c3nc(=O)n(-c4c(C)ccnc4C(C)C)c4nc(-c5c(F)cccc5Cl)c(Cl)c(c34)OCC2C1.Cc1ccnc(C(C)C)c1-n1c(=O)nc2c3c(c(Cl)c(-c4c(F)cccc4Cl)nc31)OCC1CN(C(=O)/C=C/CN3CCOCC3)CCN21. The number of aliphatic hydroxyl groups excluding tert-OH is 1. The summed E-state index contributed by atoms with van der Waals surface area (Å²) < 4.78 is 101. The van der Waals surface area contributed by atoms with Crippen molar-refractivity contribution in [1.29, 1.82) is 0 Å². The lowest BCUT2D eigenvalue weighted by atomic mass is 10.0. The van der Waals surface area contributed by atoms with Gasteiger partial charge in [-0.15, -0.1) is 0 Å². The molecule has 16 heterocycles. The highest BCUT2D eigenvalue weighted by Crippen LogP contribution is 2.52. The van der Waals surface area contributed by atoms with Crippen molar-refractivity contribution in [3.63, 3.8) is 0 Å². The monoisotopic (exact) mass is 2020 g/mol. The zero-order valence-electron chi connectivity index (χ0n) is 76.8. The first-order chi connectivity index (χ1) is 66.0. The highest BCUT2D eigenvalue weighted by molar-refractivity contribution is 7.92. The average Bonchev–Trinajstić information content (AvgIpc) is 1.34. The largest absolute Gasteiger partial charge is 0.489 e. The minimum Gasteiger partial charge on any atom is -0.489 e. The fraction of sp³-hybridized carbons (Fsp3) is 0.361. The van der Waals surface area contributed by atoms with Crippen molar-refractivity contribution in [2.45, 2.75) is 118 Å². The summed E-state index contributed by atoms with van der Waals surface area (Å²) in [5, 5.41) is 11.7. The molecule has 1 N–H and O–H groups in total. The number of aromatic nitrogens is 12. The Hall–Kier alpha value is -11.7. The molecule has 12 aromatic rings. The topological polar surface area (TPSA) is 330 Å². The molecular formula is C97H96Cl6F3N19O12S. The van der Waals surface area contributed by atoms with Crippen LogP contribution in [0.4, 0.5) is 30.6 Å². The van der Waals surface area contributed by atoms with E-state index in [4.69, 9.17) is 104 Å². The molecule has 0 saturated carbocycles. The molecule has 0 bridgehead atoms. The number of piperazine rings is 3. The fourth-order valence-corrected chi connectivity index (χ4v) is 21.3. The summed E-state index contributed by atoms with van der Waals surface area (Å²) in [6, 6.07) is 16.6. The number of nitrogens with zero attached hydrogens (tertiary/aromatic N) is 19. The van der Waals surface area contributed by atoms with Gasteiger partial charge in [0.25, 0.3) is 0 Å². The maximum atomic E-state index is 15.4. The zero-order valence-corrected chi connectivity index (χ0v) is 82.2. The smallest absolute Gasteiger partial charge is 0.355 e. The number of halogens is 9. The van der Waals surface area contributed by atoms with Crippen LogP contribution in [0.2, 0.25) is 30.1 Å². The first-order valence-corrected chi connectivity index (χ1v) is 48.6. The van der Waals surface area contributed by atoms with Gasteiger partial charge in [0.15, 0.2) is 34.2 Å². The number of amides is 2. The van der Waals surface area contributed by atoms with E-state index in [-0.39, 0.29) is 205 Å². The van der Waals surface area contributed by atoms with Crippen LogP contribution in [-0.2, 0) is 24.3 Å². The second-order valence-electron chi connectivity index (χ2n) is 35.4. The van der Waals surface area contributed by atoms with Crippen LogP contribution >= 0.6 is 69.6 Å². The number of hydrogen-bond acceptors (Lipinski definition) is 25. The van der Waals surface area contributed by atoms with E-state index in [1.807, 2.05) is 96.1 Å². The van der Waals surface area contributed by atoms with E-state index >= 15 is 13.2 Å². The first-order valence-electron chi connectivity index (χ1n) is 44.9. The van der Waals surface area contributed by atoms with Crippen molar-refractivity contribution in [1.82, 2.24) is 77.6 Å². The van der Waals surface area contributed by atoms with Crippen molar-refractivity contribution < 1.29 is 55.2 Å². The molecule has 4 atom stereocenters. The maximum absolute atomic E-state index is 15.4. The van der Waals surface area contributed by atoms with E-state index < -0.39 is 56.6 Å². The first kappa shape index (κ1) is 97.9. The molecule has 0 spiro atoms. The van der Waals surface area contributed by atoms with E-state index in [1.54, 1.807) is 52.7 Å². The Bertz CT molecular complexity index is 7270. The summed E-state index contributed by atoms with van der Waals surface area (Å²) in [5.41, 5.74) is 4.66. The molecule has 19 rings (SSSR count). The van der Waals surface area contributed by atoms with E-state index in [0.29, 0.717) is 113 Å². The minimum atomic E-state index is -3.70. The van der Waals surface area contributed by atoms with Crippen molar-refractivity contribution in [3.8, 4) is 68.1 Å². The molecule has 9 aromatic heterocycles. The average molecular weight is 2020 g/mol. The summed E-state index contributed by atoms with van der Waals surface area (Å²) in [6.45, 7) is 32.5. The molecule has 4 unspecified atom stereocenters. The summed E-state index contributed by atoms with van der Waals surface area (Å²) in [5.74, 6) is -1.06. The van der Waals surface area contributed by atoms with Crippen LogP contribution in [0.15, 0.2) is 142 Å². The molecule has 138 heavy (non-hydrogen) atoms. The standard InChI is InChI=1S/C35H36Cl2FN7O4.C33H33Cl2FN6O4.C29H27Cl2FN6O4S/c1-20(2)29-31(21(3)9-10-39-29)45-34-27-32(28(37)30(40-34)26-23(36)6-4-7-24(26)38)49-19-22-18-43(12-13-44(22)33(27)41-35(45)47)25(46)8-5-11-42-14-16-48-17-15-42;1-16(2)26-28(17(3)9-11-37-26)42-30-24-29(25(35)27(38-30)23-21(34)7-6-8-22(23)36)46-15-20-14-40(32(44)18(4)10-12-43)13-19(5)41(20)31(24)39-33(42)45;1-5-43(40,41)36-11-12-37-17(13-36)14-42-26-21-27(37)35-29(39)38(25-16(4)9-10-33-23(25)15(2)3)28(21)34-24(22(26)31)20-18(30)7-6-8-19(20)32/h4-10,20,22H,11-19H2,1-3H3;6-9,11,16,19-20,43H,4,10,12-15H2,1-3,5H3;5-10,15,17H,1,11-14H2,2-4H3/b8-5+;;. The van der Waals surface area contributed by atoms with Crippen LogP contribution in [0.1, 0.15) is 106 Å². The number of rotatable bonds is 17. The molecule has 2 amide bonds. The van der Waals surface area contributed by atoms with E-state index in [0.717, 1.165) is 35.2 Å². The Morgan fingerprint density at radius 3 is 1.32 bits per heavy atom. The van der Waals surface area contributed by atoms with Crippen LogP contribution in [0, 0.1) is 38.2 Å². The van der Waals surface area contributed by atoms with E-state index in [1.165, 1.54) is 66.5 Å². The summed E-state index contributed by atoms with van der Waals surface area (Å²) in [4.78, 5) is 123. The molecule has 720 valence electrons. The molecule has 0 radical (unpaired) electrons. The van der Waals surface area contributed by atoms with Crippen LogP contribution in [0.25, 0.3) is 83.9 Å². The molecule has 7 aliphatic heterocycles. The third-order valence-electron chi connectivity index (χ3n) is 25.5. The number of aliphatic hydroxyl groups is 1. The Labute approximate surface area is 821 Å². The number of carbonyl (C=O) groups is 2. The van der Waals surface area contributed by atoms with Gasteiger partial charge < -0.3 is 48.6 Å². The molecular weight excluding hydrogens is 1920 g/mol. The lowest BCUT2D eigenvalue weighted by Crippen LogP contribution is -2.61. The molecule has 3 aromatic carbocycles. The Balaban J connectivity index is 0.000000144. The molecule has 41 heteroatoms. The number of morpholine rings is 1. The quantitative estimate of drug-likeness (QED) is 0.0828. The molecule has 4 saturated heterocycles. The number of fused-ring (bicyclic) bond motifs is 6. The number of aryl methyl sites for hydroxylation is 3. The summed E-state index contributed by atoms with van der Waals surface area (Å²) in [7, 11) is -3.70.